The Morgan fingerprint density at radius 2 is 1.64 bits per heavy atom. The molecule has 4 aromatic carbocycles. The minimum Gasteiger partial charge on any atom is -0.305 e. The molecule has 0 bridgehead atoms. The van der Waals surface area contributed by atoms with Crippen LogP contribution in [0.5, 0.6) is 0 Å². The van der Waals surface area contributed by atoms with Crippen LogP contribution in [0.2, 0.25) is 19.6 Å². The second-order valence-electron chi connectivity index (χ2n) is 15.6. The summed E-state index contributed by atoms with van der Waals surface area (Å²) in [6.07, 6.45) is 7.67. The van der Waals surface area contributed by atoms with Gasteiger partial charge in [0.15, 0.2) is 0 Å². The van der Waals surface area contributed by atoms with Crippen LogP contribution in [0.25, 0.3) is 42.7 Å². The van der Waals surface area contributed by atoms with E-state index in [1.54, 1.807) is 23.6 Å². The monoisotopic (exact) mass is 943 g/mol. The van der Waals surface area contributed by atoms with Gasteiger partial charge in [0, 0.05) is 54.4 Å². The van der Waals surface area contributed by atoms with Crippen molar-refractivity contribution in [3.8, 4) is 22.5 Å². The van der Waals surface area contributed by atoms with Gasteiger partial charge < -0.3 is 9.97 Å². The molecule has 1 fully saturated rings. The third-order valence-electron chi connectivity index (χ3n) is 10.4. The van der Waals surface area contributed by atoms with Crippen LogP contribution in [0.1, 0.15) is 92.4 Å². The normalized spacial score (nSPS) is 16.1. The molecule has 1 aliphatic rings. The van der Waals surface area contributed by atoms with Crippen molar-refractivity contribution in [3.05, 3.63) is 150 Å². The van der Waals surface area contributed by atoms with Gasteiger partial charge in [0.2, 0.25) is 0 Å². The van der Waals surface area contributed by atoms with E-state index in [0.29, 0.717) is 0 Å². The molecule has 1 radical (unpaired) electrons. The zero-order chi connectivity index (χ0) is 41.5. The molecule has 7 aromatic rings. The minimum absolute atomic E-state index is 0. The second-order valence-corrected chi connectivity index (χ2v) is 21.7. The molecule has 6 heteroatoms. The van der Waals surface area contributed by atoms with Crippen LogP contribution in [-0.4, -0.2) is 18.0 Å². The molecule has 1 aliphatic carbocycles. The molecule has 0 amide bonds. The van der Waals surface area contributed by atoms with Gasteiger partial charge in [-0.1, -0.05) is 138 Å². The molecule has 0 spiro atoms. The first-order valence-corrected chi connectivity index (χ1v) is 23.3. The number of thiophene rings is 1. The van der Waals surface area contributed by atoms with Gasteiger partial charge in [-0.15, -0.1) is 53.6 Å². The molecule has 1 unspecified atom stereocenters. The molecule has 3 heterocycles. The van der Waals surface area contributed by atoms with Crippen molar-refractivity contribution in [1.29, 1.82) is 0 Å². The summed E-state index contributed by atoms with van der Waals surface area (Å²) in [5.74, 6) is -1.78. The maximum absolute atomic E-state index is 13.2. The molecule has 2 nitrogen and oxygen atoms in total. The van der Waals surface area contributed by atoms with Crippen LogP contribution in [0, 0.1) is 23.9 Å². The predicted octanol–water partition coefficient (Wildman–Crippen LogP) is 13.5. The number of rotatable bonds is 8. The molecule has 285 valence electrons. The van der Waals surface area contributed by atoms with E-state index in [0.717, 1.165) is 85.2 Å². The maximum atomic E-state index is 13.2. The Bertz CT molecular complexity index is 2540. The van der Waals surface area contributed by atoms with Crippen LogP contribution in [-0.2, 0) is 26.5 Å². The Labute approximate surface area is 351 Å². The van der Waals surface area contributed by atoms with E-state index in [4.69, 9.17) is 5.48 Å². The van der Waals surface area contributed by atoms with Gasteiger partial charge in [-0.05, 0) is 73.7 Å². The van der Waals surface area contributed by atoms with Crippen molar-refractivity contribution in [2.75, 3.05) is 0 Å². The second kappa shape index (κ2) is 18.0. The number of aromatic nitrogens is 2. The van der Waals surface area contributed by atoms with Gasteiger partial charge in [0.05, 0.1) is 8.07 Å². The third-order valence-corrected chi connectivity index (χ3v) is 13.6. The summed E-state index contributed by atoms with van der Waals surface area (Å²) in [4.78, 5) is 9.23. The van der Waals surface area contributed by atoms with Crippen LogP contribution >= 0.6 is 11.3 Å². The van der Waals surface area contributed by atoms with Gasteiger partial charge in [-0.2, -0.15) is 11.3 Å². The van der Waals surface area contributed by atoms with Crippen LogP contribution in [0.3, 0.4) is 0 Å². The number of pyridine rings is 2. The summed E-state index contributed by atoms with van der Waals surface area (Å²) in [5, 5.41) is 3.52. The average molecular weight is 943 g/mol. The van der Waals surface area contributed by atoms with E-state index < -0.39 is 26.2 Å². The zero-order valence-corrected chi connectivity index (χ0v) is 36.7. The summed E-state index contributed by atoms with van der Waals surface area (Å²) in [6.45, 7) is 12.5. The number of hydrogen-bond acceptors (Lipinski definition) is 3. The first-order valence-electron chi connectivity index (χ1n) is 21.0. The van der Waals surface area contributed by atoms with Gasteiger partial charge in [-0.25, -0.2) is 0 Å². The van der Waals surface area contributed by atoms with Crippen molar-refractivity contribution < 1.29 is 30.0 Å². The third kappa shape index (κ3) is 9.60. The SMILES string of the molecule is [2H]C(C)(C)c1ccc2c(c1)sc1c(-c3cc(C([2H])([2H])C4CCCCC4)ccn3)[c-]ccc12.[2H]C(C)(c1ccccc1)c1cc(-c2[c-]cc(F)cc2)ncc1[Si](C)(C)C.[Ir]. The van der Waals surface area contributed by atoms with Gasteiger partial charge in [-0.3, -0.25) is 4.39 Å². The fraction of sp³-hybridized carbons (Fsp3) is 0.306. The van der Waals surface area contributed by atoms with Gasteiger partial charge in [0.25, 0.3) is 0 Å². The molecular weight excluding hydrogens is 888 g/mol. The molecule has 0 saturated heterocycles. The van der Waals surface area contributed by atoms with Crippen molar-refractivity contribution >= 4 is 44.8 Å². The first kappa shape index (κ1) is 35.6. The number of halogens is 1. The van der Waals surface area contributed by atoms with Gasteiger partial charge in [0.1, 0.15) is 0 Å². The van der Waals surface area contributed by atoms with E-state index >= 15 is 0 Å². The van der Waals surface area contributed by atoms with Crippen molar-refractivity contribution in [1.82, 2.24) is 9.97 Å². The summed E-state index contributed by atoms with van der Waals surface area (Å²) >= 11 is 1.71. The van der Waals surface area contributed by atoms with E-state index in [1.165, 1.54) is 29.1 Å². The molecular formula is C49H51FIrN2SSi-2. The molecule has 1 saturated carbocycles. The Morgan fingerprint density at radius 3 is 2.35 bits per heavy atom. The first-order chi connectivity index (χ1) is 27.4. The Morgan fingerprint density at radius 1 is 0.855 bits per heavy atom. The number of hydrogen-bond donors (Lipinski definition) is 0. The fourth-order valence-corrected chi connectivity index (χ4v) is 10.1. The Kier molecular flexibility index (Phi) is 11.6. The standard InChI is InChI=1S/C27H28NS.C22H23FNSi.Ir/c1-18(2)21-11-12-22-23-9-6-10-24(27(23)29-26(22)17-21)25-16-20(13-14-28-25)15-19-7-4-3-5-8-19;1-16(17-8-6-5-7-9-17)20-14-21(18-10-12-19(23)13-11-18)24-15-22(20)25(2,3)4;/h6,9,11-14,16-19H,3-5,7-8,15H2,1-2H3;5-10,12-16H,1-4H3;/q2*-1;/i15D2,18D;16D;. The molecule has 55 heavy (non-hydrogen) atoms. The topological polar surface area (TPSA) is 25.8 Å². The summed E-state index contributed by atoms with van der Waals surface area (Å²) in [6, 6.07) is 36.7. The fourth-order valence-electron chi connectivity index (χ4n) is 7.30. The number of fused-ring (bicyclic) bond motifs is 3. The summed E-state index contributed by atoms with van der Waals surface area (Å²) < 4.78 is 50.8. The average Bonchev–Trinajstić information content (AvgIpc) is 3.60. The molecule has 3 aromatic heterocycles. The van der Waals surface area contributed by atoms with Crippen LogP contribution in [0.4, 0.5) is 4.39 Å². The number of benzene rings is 4. The molecule has 0 N–H and O–H groups in total. The molecule has 0 aliphatic heterocycles. The van der Waals surface area contributed by atoms with Crippen molar-refractivity contribution in [2.24, 2.45) is 5.92 Å². The van der Waals surface area contributed by atoms with Crippen LogP contribution in [0.15, 0.2) is 109 Å². The maximum Gasteiger partial charge on any atom is 0.0799 e. The van der Waals surface area contributed by atoms with E-state index in [1.807, 2.05) is 81.6 Å². The largest absolute Gasteiger partial charge is 0.305 e. The van der Waals surface area contributed by atoms with E-state index in [9.17, 15) is 4.39 Å². The smallest absolute Gasteiger partial charge is 0.0799 e. The zero-order valence-electron chi connectivity index (χ0n) is 36.5. The van der Waals surface area contributed by atoms with Crippen LogP contribution < -0.4 is 5.19 Å². The molecule has 8 rings (SSSR count). The van der Waals surface area contributed by atoms with Gasteiger partial charge >= 0.3 is 0 Å². The van der Waals surface area contributed by atoms with Crippen molar-refractivity contribution in [2.45, 2.75) is 90.7 Å². The predicted molar refractivity (Wildman–Crippen MR) is 231 cm³/mol. The number of nitrogens with zero attached hydrogens (tertiary/aromatic N) is 2. The quantitative estimate of drug-likeness (QED) is 0.112. The Hall–Kier alpha value is -3.80. The minimum atomic E-state index is -1.71. The summed E-state index contributed by atoms with van der Waals surface area (Å²) in [7, 11) is -1.71. The van der Waals surface area contributed by atoms with E-state index in [-0.39, 0.29) is 31.8 Å². The molecule has 1 atom stereocenters. The van der Waals surface area contributed by atoms with Crippen molar-refractivity contribution in [3.63, 3.8) is 0 Å². The van der Waals surface area contributed by atoms with E-state index in [2.05, 4.69) is 66.0 Å². The Balaban J connectivity index is 0.000000199. The summed E-state index contributed by atoms with van der Waals surface area (Å²) in [5.41, 5.74) is 6.79.